The number of allylic oxidation sites excluding steroid dienone is 2. The van der Waals surface area contributed by atoms with Crippen LogP contribution in [0.25, 0.3) is 0 Å². The summed E-state index contributed by atoms with van der Waals surface area (Å²) in [5.74, 6) is -0.973. The van der Waals surface area contributed by atoms with Crippen LogP contribution < -0.4 is 0 Å². The van der Waals surface area contributed by atoms with Gasteiger partial charge in [0.1, 0.15) is 6.04 Å². The van der Waals surface area contributed by atoms with Crippen LogP contribution in [0.15, 0.2) is 24.3 Å². The van der Waals surface area contributed by atoms with Crippen LogP contribution in [0.5, 0.6) is 0 Å². The lowest BCUT2D eigenvalue weighted by Gasteiger charge is -2.32. The molecule has 1 fully saturated rings. The molecule has 28 heavy (non-hydrogen) atoms. The molecule has 1 aromatic rings. The molecule has 7 heteroatoms. The first kappa shape index (κ1) is 21.1. The Bertz CT molecular complexity index is 762. The summed E-state index contributed by atoms with van der Waals surface area (Å²) in [4.78, 5) is 43.5. The van der Waals surface area contributed by atoms with Crippen molar-refractivity contribution >= 4 is 40.7 Å². The fraction of sp³-hybridized carbons (Fsp3) is 0.571. The quantitative estimate of drug-likeness (QED) is 0.490. The average Bonchev–Trinajstić information content (AvgIpc) is 3.19. The van der Waals surface area contributed by atoms with Crippen molar-refractivity contribution in [3.05, 3.63) is 33.5 Å². The molecule has 3 amide bonds. The van der Waals surface area contributed by atoms with Gasteiger partial charge >= 0.3 is 0 Å². The molecule has 2 aliphatic rings. The molecule has 1 aliphatic carbocycles. The van der Waals surface area contributed by atoms with Gasteiger partial charge in [0.25, 0.3) is 0 Å². The van der Waals surface area contributed by atoms with Crippen molar-refractivity contribution in [2.75, 3.05) is 6.54 Å². The molecule has 0 saturated carbocycles. The van der Waals surface area contributed by atoms with Gasteiger partial charge in [0.15, 0.2) is 0 Å². The molecular weight excluding hydrogens is 396 g/mol. The van der Waals surface area contributed by atoms with Gasteiger partial charge in [-0.15, -0.1) is 11.3 Å². The predicted octanol–water partition coefficient (Wildman–Crippen LogP) is 4.12. The number of imide groups is 1. The second kappa shape index (κ2) is 8.78. The Morgan fingerprint density at radius 1 is 1.21 bits per heavy atom. The zero-order chi connectivity index (χ0) is 20.4. The standard InChI is InChI=1S/C21H27ClN2O3S/c1-4-23(12-14-9-10-18(22)28-14)21(27)17(11-13(2)3)24-19(25)15-7-5-6-8-16(15)20(24)26/h5-6,9-10,13,15-17H,4,7-8,11-12H2,1-3H3/t15-,16-,17+/m0/s1. The van der Waals surface area contributed by atoms with Crippen LogP contribution in [0, 0.1) is 17.8 Å². The number of nitrogens with zero attached hydrogens (tertiary/aromatic N) is 2. The van der Waals surface area contributed by atoms with Crippen molar-refractivity contribution in [2.24, 2.45) is 17.8 Å². The molecule has 0 spiro atoms. The number of likely N-dealkylation sites (N-methyl/N-ethyl adjacent to an activating group) is 1. The number of halogens is 1. The van der Waals surface area contributed by atoms with Crippen LogP contribution in [0.2, 0.25) is 4.34 Å². The van der Waals surface area contributed by atoms with Crippen LogP contribution >= 0.6 is 22.9 Å². The van der Waals surface area contributed by atoms with Gasteiger partial charge in [0, 0.05) is 11.4 Å². The van der Waals surface area contributed by atoms with Crippen LogP contribution in [-0.2, 0) is 20.9 Å². The van der Waals surface area contributed by atoms with Crippen molar-refractivity contribution < 1.29 is 14.4 Å². The lowest BCUT2D eigenvalue weighted by Crippen LogP contribution is -2.51. The Labute approximate surface area is 175 Å². The molecule has 0 unspecified atom stereocenters. The molecular formula is C21H27ClN2O3S. The summed E-state index contributed by atoms with van der Waals surface area (Å²) in [6, 6.07) is 2.99. The first-order chi connectivity index (χ1) is 13.3. The molecule has 0 bridgehead atoms. The topological polar surface area (TPSA) is 57.7 Å². The number of carbonyl (C=O) groups is 3. The van der Waals surface area contributed by atoms with E-state index in [1.54, 1.807) is 4.90 Å². The zero-order valence-electron chi connectivity index (χ0n) is 16.6. The lowest BCUT2D eigenvalue weighted by atomic mass is 9.85. The maximum atomic E-state index is 13.4. The van der Waals surface area contributed by atoms with Crippen LogP contribution in [0.4, 0.5) is 0 Å². The third-order valence-corrected chi connectivity index (χ3v) is 6.72. The molecule has 152 valence electrons. The van der Waals surface area contributed by atoms with E-state index < -0.39 is 6.04 Å². The number of hydrogen-bond acceptors (Lipinski definition) is 4. The van der Waals surface area contributed by atoms with Crippen molar-refractivity contribution in [2.45, 2.75) is 52.6 Å². The summed E-state index contributed by atoms with van der Waals surface area (Å²) in [7, 11) is 0. The van der Waals surface area contributed by atoms with E-state index in [-0.39, 0.29) is 35.5 Å². The number of thiophene rings is 1. The number of hydrogen-bond donors (Lipinski definition) is 0. The van der Waals surface area contributed by atoms with E-state index in [2.05, 4.69) is 0 Å². The lowest BCUT2D eigenvalue weighted by molar-refractivity contribution is -0.152. The van der Waals surface area contributed by atoms with Gasteiger partial charge in [-0.3, -0.25) is 19.3 Å². The molecule has 3 rings (SSSR count). The Morgan fingerprint density at radius 3 is 2.29 bits per heavy atom. The maximum absolute atomic E-state index is 13.4. The number of fused-ring (bicyclic) bond motifs is 1. The van der Waals surface area contributed by atoms with Gasteiger partial charge in [-0.2, -0.15) is 0 Å². The van der Waals surface area contributed by atoms with Gasteiger partial charge < -0.3 is 4.90 Å². The van der Waals surface area contributed by atoms with E-state index in [9.17, 15) is 14.4 Å². The Balaban J connectivity index is 1.85. The molecule has 2 heterocycles. The second-order valence-electron chi connectivity index (χ2n) is 7.91. The third-order valence-electron chi connectivity index (χ3n) is 5.50. The van der Waals surface area contributed by atoms with Crippen LogP contribution in [-0.4, -0.2) is 40.1 Å². The first-order valence-corrected chi connectivity index (χ1v) is 11.1. The summed E-state index contributed by atoms with van der Waals surface area (Å²) in [5.41, 5.74) is 0. The van der Waals surface area contributed by atoms with Gasteiger partial charge in [-0.25, -0.2) is 0 Å². The number of likely N-dealkylation sites (tertiary alicyclic amines) is 1. The molecule has 1 aromatic heterocycles. The molecule has 1 aliphatic heterocycles. The highest BCUT2D eigenvalue weighted by molar-refractivity contribution is 7.16. The van der Waals surface area contributed by atoms with Crippen LogP contribution in [0.3, 0.4) is 0 Å². The molecule has 0 aromatic carbocycles. The first-order valence-electron chi connectivity index (χ1n) is 9.88. The summed E-state index contributed by atoms with van der Waals surface area (Å²) < 4.78 is 0.679. The summed E-state index contributed by atoms with van der Waals surface area (Å²) in [5, 5.41) is 0. The minimum absolute atomic E-state index is 0.158. The van der Waals surface area contributed by atoms with E-state index in [1.165, 1.54) is 16.2 Å². The highest BCUT2D eigenvalue weighted by atomic mass is 35.5. The normalized spacial score (nSPS) is 22.7. The van der Waals surface area contributed by atoms with Crippen molar-refractivity contribution in [1.29, 1.82) is 0 Å². The third kappa shape index (κ3) is 4.18. The highest BCUT2D eigenvalue weighted by Crippen LogP contribution is 2.37. The summed E-state index contributed by atoms with van der Waals surface area (Å²) >= 11 is 7.46. The number of carbonyl (C=O) groups excluding carboxylic acids is 3. The zero-order valence-corrected chi connectivity index (χ0v) is 18.1. The SMILES string of the molecule is CCN(Cc1ccc(Cl)s1)C(=O)[C@@H](CC(C)C)N1C(=O)[C@H]2CC=CC[C@@H]2C1=O. The minimum atomic E-state index is -0.735. The molecule has 1 saturated heterocycles. The average molecular weight is 423 g/mol. The maximum Gasteiger partial charge on any atom is 0.246 e. The van der Waals surface area contributed by atoms with E-state index in [1.807, 2.05) is 45.1 Å². The minimum Gasteiger partial charge on any atom is -0.336 e. The Morgan fingerprint density at radius 2 is 1.82 bits per heavy atom. The van der Waals surface area contributed by atoms with Gasteiger partial charge in [-0.05, 0) is 44.2 Å². The monoisotopic (exact) mass is 422 g/mol. The van der Waals surface area contributed by atoms with Gasteiger partial charge in [-0.1, -0.05) is 37.6 Å². The Hall–Kier alpha value is -1.66. The fourth-order valence-electron chi connectivity index (χ4n) is 4.08. The van der Waals surface area contributed by atoms with E-state index in [4.69, 9.17) is 11.6 Å². The molecule has 0 N–H and O–H groups in total. The van der Waals surface area contributed by atoms with Crippen molar-refractivity contribution in [1.82, 2.24) is 9.80 Å². The van der Waals surface area contributed by atoms with Crippen molar-refractivity contribution in [3.63, 3.8) is 0 Å². The summed E-state index contributed by atoms with van der Waals surface area (Å²) in [6.45, 7) is 6.88. The summed E-state index contributed by atoms with van der Waals surface area (Å²) in [6.07, 6.45) is 5.58. The van der Waals surface area contributed by atoms with E-state index >= 15 is 0 Å². The van der Waals surface area contributed by atoms with Crippen molar-refractivity contribution in [3.8, 4) is 0 Å². The molecule has 3 atom stereocenters. The number of rotatable bonds is 7. The smallest absolute Gasteiger partial charge is 0.246 e. The van der Waals surface area contributed by atoms with Crippen LogP contribution in [0.1, 0.15) is 44.9 Å². The van der Waals surface area contributed by atoms with Gasteiger partial charge in [0.2, 0.25) is 17.7 Å². The van der Waals surface area contributed by atoms with Gasteiger partial charge in [0.05, 0.1) is 22.7 Å². The second-order valence-corrected chi connectivity index (χ2v) is 9.71. The molecule has 5 nitrogen and oxygen atoms in total. The van der Waals surface area contributed by atoms with E-state index in [0.717, 1.165) is 4.88 Å². The highest BCUT2D eigenvalue weighted by Gasteiger charge is 2.51. The van der Waals surface area contributed by atoms with E-state index in [0.29, 0.717) is 36.7 Å². The Kier molecular flexibility index (Phi) is 6.61. The predicted molar refractivity (Wildman–Crippen MR) is 111 cm³/mol. The molecule has 0 radical (unpaired) electrons. The fourth-order valence-corrected chi connectivity index (χ4v) is 5.18. The number of amides is 3. The largest absolute Gasteiger partial charge is 0.336 e.